The quantitative estimate of drug-likeness (QED) is 0.347. The Morgan fingerprint density at radius 2 is 1.84 bits per heavy atom. The Kier molecular flexibility index (Phi) is 8.74. The Labute approximate surface area is 266 Å². The van der Waals surface area contributed by atoms with E-state index in [9.17, 15) is 4.79 Å². The van der Waals surface area contributed by atoms with Crippen LogP contribution >= 0.6 is 0 Å². The number of anilines is 2. The lowest BCUT2D eigenvalue weighted by molar-refractivity contribution is 0.0155. The maximum Gasteiger partial charge on any atom is 0.410 e. The molecular formula is C35H45N7O3. The number of aromatic nitrogens is 2. The van der Waals surface area contributed by atoms with Crippen molar-refractivity contribution < 1.29 is 14.3 Å². The van der Waals surface area contributed by atoms with Crippen LogP contribution in [-0.2, 0) is 17.7 Å². The van der Waals surface area contributed by atoms with Gasteiger partial charge in [0, 0.05) is 48.9 Å². The Morgan fingerprint density at radius 1 is 1.04 bits per heavy atom. The SMILES string of the molecule is [C-]#[N+]C[C@H]1CN(c2nc(OC[C@@H]3CCCN3C)nc3c2CCN(c2cccc4cccc(C)c24)C3)CCN1C(=O)OC(C)(C)C. The van der Waals surface area contributed by atoms with Crippen molar-refractivity contribution in [3.63, 3.8) is 0 Å². The Bertz CT molecular complexity index is 1590. The predicted octanol–water partition coefficient (Wildman–Crippen LogP) is 5.32. The van der Waals surface area contributed by atoms with Crippen molar-refractivity contribution in [1.29, 1.82) is 0 Å². The molecule has 10 heteroatoms. The third-order valence-electron chi connectivity index (χ3n) is 9.24. The van der Waals surface area contributed by atoms with Gasteiger partial charge in [0.1, 0.15) is 24.1 Å². The highest BCUT2D eigenvalue weighted by Gasteiger charge is 2.37. The number of likely N-dealkylation sites (N-methyl/N-ethyl adjacent to an activating group) is 1. The second-order valence-electron chi connectivity index (χ2n) is 13.6. The molecule has 6 rings (SSSR count). The average Bonchev–Trinajstić information content (AvgIpc) is 3.42. The standard InChI is InChI=1S/C35H45N7O3/c1-24-10-7-11-25-12-8-14-30(31(24)25)40-17-15-28-29(22-40)37-33(44-23-26-13-9-16-39(26)6)38-32(28)41-18-19-42(27(21-41)20-36-5)34(43)45-35(2,3)4/h7-8,10-12,14,26-27H,9,13,15-23H2,1-4,6H3/t26-,27-/m0/s1. The summed E-state index contributed by atoms with van der Waals surface area (Å²) < 4.78 is 12.0. The number of rotatable bonds is 6. The summed E-state index contributed by atoms with van der Waals surface area (Å²) in [7, 11) is 2.14. The number of piperazine rings is 1. The number of benzene rings is 2. The van der Waals surface area contributed by atoms with Crippen LogP contribution in [0, 0.1) is 13.5 Å². The summed E-state index contributed by atoms with van der Waals surface area (Å²) in [4.78, 5) is 35.5. The maximum atomic E-state index is 13.1. The highest BCUT2D eigenvalue weighted by Crippen LogP contribution is 2.36. The van der Waals surface area contributed by atoms with Crippen molar-refractivity contribution >= 4 is 28.4 Å². The van der Waals surface area contributed by atoms with Crippen LogP contribution in [0.15, 0.2) is 36.4 Å². The number of ether oxygens (including phenoxy) is 2. The zero-order chi connectivity index (χ0) is 31.7. The first-order valence-electron chi connectivity index (χ1n) is 16.1. The first-order chi connectivity index (χ1) is 21.6. The number of amides is 1. The van der Waals surface area contributed by atoms with Crippen molar-refractivity contribution in [1.82, 2.24) is 19.8 Å². The summed E-state index contributed by atoms with van der Waals surface area (Å²) in [5.41, 5.74) is 3.98. The zero-order valence-electron chi connectivity index (χ0n) is 27.3. The van der Waals surface area contributed by atoms with Gasteiger partial charge >= 0.3 is 12.1 Å². The first-order valence-corrected chi connectivity index (χ1v) is 16.1. The normalized spacial score (nSPS) is 20.7. The van der Waals surface area contributed by atoms with E-state index in [0.717, 1.165) is 43.0 Å². The number of fused-ring (bicyclic) bond motifs is 2. The van der Waals surface area contributed by atoms with Gasteiger partial charge in [0.25, 0.3) is 0 Å². The zero-order valence-corrected chi connectivity index (χ0v) is 27.3. The summed E-state index contributed by atoms with van der Waals surface area (Å²) in [6, 6.07) is 13.4. The minimum absolute atomic E-state index is 0.203. The van der Waals surface area contributed by atoms with Gasteiger partial charge in [0.05, 0.1) is 12.2 Å². The van der Waals surface area contributed by atoms with Gasteiger partial charge in [-0.1, -0.05) is 30.3 Å². The smallest absolute Gasteiger partial charge is 0.410 e. The largest absolute Gasteiger partial charge is 0.462 e. The molecule has 238 valence electrons. The molecule has 2 fully saturated rings. The molecule has 45 heavy (non-hydrogen) atoms. The van der Waals surface area contributed by atoms with E-state index in [1.807, 2.05) is 20.8 Å². The second kappa shape index (κ2) is 12.7. The summed E-state index contributed by atoms with van der Waals surface area (Å²) in [5, 5.41) is 2.51. The van der Waals surface area contributed by atoms with E-state index in [1.165, 1.54) is 28.4 Å². The monoisotopic (exact) mass is 611 g/mol. The molecule has 10 nitrogen and oxygen atoms in total. The number of aryl methyl sites for hydroxylation is 1. The third kappa shape index (κ3) is 6.64. The molecule has 0 saturated carbocycles. The number of hydrogen-bond acceptors (Lipinski definition) is 8. The van der Waals surface area contributed by atoms with E-state index in [1.54, 1.807) is 4.90 Å². The minimum Gasteiger partial charge on any atom is -0.462 e. The van der Waals surface area contributed by atoms with Crippen LogP contribution in [-0.4, -0.2) is 96.5 Å². The lowest BCUT2D eigenvalue weighted by Crippen LogP contribution is -2.57. The molecule has 2 aromatic carbocycles. The van der Waals surface area contributed by atoms with Crippen LogP contribution in [0.2, 0.25) is 0 Å². The van der Waals surface area contributed by atoms with Crippen molar-refractivity contribution in [2.24, 2.45) is 0 Å². The third-order valence-corrected chi connectivity index (χ3v) is 9.24. The number of likely N-dealkylation sites (tertiary alicyclic amines) is 1. The number of carbonyl (C=O) groups is 1. The van der Waals surface area contributed by atoms with Crippen LogP contribution in [0.4, 0.5) is 16.3 Å². The highest BCUT2D eigenvalue weighted by molar-refractivity contribution is 5.97. The van der Waals surface area contributed by atoms with Crippen LogP contribution in [0.25, 0.3) is 15.6 Å². The van der Waals surface area contributed by atoms with Gasteiger partial charge in [-0.3, -0.25) is 4.90 Å². The lowest BCUT2D eigenvalue weighted by Gasteiger charge is -2.41. The average molecular weight is 612 g/mol. The Morgan fingerprint density at radius 3 is 2.58 bits per heavy atom. The van der Waals surface area contributed by atoms with Crippen LogP contribution < -0.4 is 14.5 Å². The highest BCUT2D eigenvalue weighted by atomic mass is 16.6. The number of hydrogen-bond donors (Lipinski definition) is 0. The van der Waals surface area contributed by atoms with E-state index in [-0.39, 0.29) is 18.7 Å². The van der Waals surface area contributed by atoms with Crippen LogP contribution in [0.3, 0.4) is 0 Å². The van der Waals surface area contributed by atoms with Crippen LogP contribution in [0.1, 0.15) is 50.4 Å². The molecule has 0 unspecified atom stereocenters. The van der Waals surface area contributed by atoms with Crippen LogP contribution in [0.5, 0.6) is 6.01 Å². The van der Waals surface area contributed by atoms with Gasteiger partial charge in [0.15, 0.2) is 0 Å². The fourth-order valence-electron chi connectivity index (χ4n) is 6.92. The summed E-state index contributed by atoms with van der Waals surface area (Å²) in [5.74, 6) is 0.863. The van der Waals surface area contributed by atoms with Gasteiger partial charge in [0.2, 0.25) is 6.54 Å². The summed E-state index contributed by atoms with van der Waals surface area (Å²) in [6.07, 6.45) is 2.70. The predicted molar refractivity (Wildman–Crippen MR) is 177 cm³/mol. The van der Waals surface area contributed by atoms with Crippen molar-refractivity contribution in [2.45, 2.75) is 71.2 Å². The van der Waals surface area contributed by atoms with Gasteiger partial charge < -0.3 is 29.0 Å². The molecular weight excluding hydrogens is 566 g/mol. The molecule has 0 radical (unpaired) electrons. The van der Waals surface area contributed by atoms with Gasteiger partial charge in [-0.05, 0) is 77.6 Å². The molecule has 0 spiro atoms. The van der Waals surface area contributed by atoms with E-state index in [4.69, 9.17) is 26.0 Å². The molecule has 0 N–H and O–H groups in total. The first kappa shape index (κ1) is 30.9. The van der Waals surface area contributed by atoms with E-state index < -0.39 is 5.60 Å². The van der Waals surface area contributed by atoms with Gasteiger partial charge in [-0.15, -0.1) is 0 Å². The molecule has 3 aliphatic heterocycles. The maximum absolute atomic E-state index is 13.1. The number of carbonyl (C=O) groups excluding carboxylic acids is 1. The molecule has 0 bridgehead atoms. The Hall–Kier alpha value is -4.10. The molecule has 0 aliphatic carbocycles. The molecule has 1 amide bonds. The van der Waals surface area contributed by atoms with E-state index in [2.05, 4.69) is 69.9 Å². The summed E-state index contributed by atoms with van der Waals surface area (Å²) >= 11 is 0. The molecule has 3 aromatic rings. The summed E-state index contributed by atoms with van der Waals surface area (Å²) in [6.45, 7) is 20.3. The fraction of sp³-hybridized carbons (Fsp3) is 0.543. The molecule has 1 aromatic heterocycles. The van der Waals surface area contributed by atoms with Crippen molar-refractivity contribution in [3.8, 4) is 6.01 Å². The van der Waals surface area contributed by atoms with Crippen molar-refractivity contribution in [2.75, 3.05) is 62.7 Å². The minimum atomic E-state index is -0.600. The second-order valence-corrected chi connectivity index (χ2v) is 13.6. The topological polar surface area (TPSA) is 78.6 Å². The molecule has 4 heterocycles. The van der Waals surface area contributed by atoms with E-state index in [0.29, 0.717) is 44.8 Å². The van der Waals surface area contributed by atoms with Gasteiger partial charge in [-0.2, -0.15) is 9.97 Å². The molecule has 3 aliphatic rings. The lowest BCUT2D eigenvalue weighted by atomic mass is 9.99. The van der Waals surface area contributed by atoms with E-state index >= 15 is 0 Å². The number of nitrogens with zero attached hydrogens (tertiary/aromatic N) is 7. The fourth-order valence-corrected chi connectivity index (χ4v) is 6.92. The molecule has 2 atom stereocenters. The Balaban J connectivity index is 1.32. The molecule has 2 saturated heterocycles. The van der Waals surface area contributed by atoms with Crippen molar-refractivity contribution in [3.05, 3.63) is 64.6 Å². The van der Waals surface area contributed by atoms with Gasteiger partial charge in [-0.25, -0.2) is 11.4 Å².